The van der Waals surface area contributed by atoms with Crippen LogP contribution in [0.2, 0.25) is 0 Å². The molecular formula is C30H30N4O4. The maximum Gasteiger partial charge on any atom is 0.342 e. The van der Waals surface area contributed by atoms with Crippen LogP contribution in [-0.4, -0.2) is 33.9 Å². The molecule has 0 aliphatic heterocycles. The summed E-state index contributed by atoms with van der Waals surface area (Å²) in [7, 11) is 1.51. The molecule has 3 N–H and O–H groups in total. The molecule has 0 saturated heterocycles. The van der Waals surface area contributed by atoms with Crippen molar-refractivity contribution in [3.05, 3.63) is 95.2 Å². The number of carbonyl (C=O) groups is 2. The van der Waals surface area contributed by atoms with Gasteiger partial charge in [-0.25, -0.2) is 4.79 Å². The monoisotopic (exact) mass is 510 g/mol. The molecule has 8 heteroatoms. The van der Waals surface area contributed by atoms with Gasteiger partial charge in [0.25, 0.3) is 5.91 Å². The number of aromatic nitrogens is 2. The van der Waals surface area contributed by atoms with Crippen LogP contribution in [0.5, 0.6) is 11.5 Å². The van der Waals surface area contributed by atoms with Gasteiger partial charge in [0.2, 0.25) is 0 Å². The third-order valence-electron chi connectivity index (χ3n) is 7.03. The van der Waals surface area contributed by atoms with Gasteiger partial charge in [-0.15, -0.1) is 0 Å². The molecule has 1 aromatic heterocycles. The molecule has 1 heterocycles. The molecule has 3 aromatic carbocycles. The summed E-state index contributed by atoms with van der Waals surface area (Å²) < 4.78 is 6.71. The van der Waals surface area contributed by atoms with Crippen LogP contribution in [0.25, 0.3) is 11.3 Å². The van der Waals surface area contributed by atoms with Gasteiger partial charge in [0.15, 0.2) is 0 Å². The lowest BCUT2D eigenvalue weighted by molar-refractivity contribution is 0.102. The summed E-state index contributed by atoms with van der Waals surface area (Å²) >= 11 is 0. The van der Waals surface area contributed by atoms with Crippen LogP contribution in [0.4, 0.5) is 10.5 Å². The Balaban J connectivity index is 1.41. The van der Waals surface area contributed by atoms with Crippen LogP contribution < -0.4 is 15.4 Å². The number of benzene rings is 3. The molecule has 0 bridgehead atoms. The number of anilines is 1. The molecule has 38 heavy (non-hydrogen) atoms. The number of nitrogens with one attached hydrogen (secondary N) is 2. The van der Waals surface area contributed by atoms with Crippen molar-refractivity contribution in [2.45, 2.75) is 38.6 Å². The van der Waals surface area contributed by atoms with Crippen molar-refractivity contribution in [1.82, 2.24) is 15.1 Å². The Labute approximate surface area is 221 Å². The molecule has 0 unspecified atom stereocenters. The fourth-order valence-electron chi connectivity index (χ4n) is 4.59. The Morgan fingerprint density at radius 3 is 2.55 bits per heavy atom. The summed E-state index contributed by atoms with van der Waals surface area (Å²) in [5.74, 6) is 0.362. The summed E-state index contributed by atoms with van der Waals surface area (Å²) in [4.78, 5) is 26.1. The molecule has 194 valence electrons. The van der Waals surface area contributed by atoms with Crippen LogP contribution in [0.15, 0.2) is 72.8 Å². The molecular weight excluding hydrogens is 480 g/mol. The summed E-state index contributed by atoms with van der Waals surface area (Å²) in [6.45, 7) is 2.40. The van der Waals surface area contributed by atoms with E-state index < -0.39 is 0 Å². The van der Waals surface area contributed by atoms with E-state index in [0.717, 1.165) is 36.1 Å². The van der Waals surface area contributed by atoms with Crippen molar-refractivity contribution >= 4 is 17.6 Å². The molecule has 1 saturated carbocycles. The van der Waals surface area contributed by atoms with Gasteiger partial charge in [-0.3, -0.25) is 4.79 Å². The molecule has 4 aromatic rings. The van der Waals surface area contributed by atoms with Gasteiger partial charge in [0.1, 0.15) is 11.5 Å². The molecule has 2 amide bonds. The second-order valence-electron chi connectivity index (χ2n) is 9.47. The number of nitrogens with zero attached hydrogens (tertiary/aromatic N) is 2. The predicted octanol–water partition coefficient (Wildman–Crippen LogP) is 5.85. The molecule has 0 spiro atoms. The highest BCUT2D eigenvalue weighted by Gasteiger charge is 2.28. The first kappa shape index (κ1) is 25.1. The zero-order chi connectivity index (χ0) is 26.6. The quantitative estimate of drug-likeness (QED) is 0.271. The van der Waals surface area contributed by atoms with Gasteiger partial charge in [-0.1, -0.05) is 42.8 Å². The van der Waals surface area contributed by atoms with Gasteiger partial charge < -0.3 is 20.5 Å². The van der Waals surface area contributed by atoms with Crippen molar-refractivity contribution in [1.29, 1.82) is 0 Å². The maximum absolute atomic E-state index is 13.2. The minimum Gasteiger partial charge on any atom is -0.507 e. The van der Waals surface area contributed by atoms with Gasteiger partial charge in [-0.2, -0.15) is 9.78 Å². The number of carbonyl (C=O) groups excluding carboxylic acids is 2. The zero-order valence-corrected chi connectivity index (χ0v) is 21.4. The number of methoxy groups -OCH3 is 1. The SMILES string of the molecule is COc1ccccc1C(=O)Nc1ccc(O)c(-c2cc(C3CCC3)n(C(=O)NCc3ccccc3C)n2)c1. The Hall–Kier alpha value is -4.59. The molecule has 1 aliphatic carbocycles. The first-order valence-corrected chi connectivity index (χ1v) is 12.6. The molecule has 5 rings (SSSR count). The van der Waals surface area contributed by atoms with Crippen LogP contribution in [-0.2, 0) is 6.54 Å². The minimum absolute atomic E-state index is 0.00502. The Kier molecular flexibility index (Phi) is 7.13. The van der Waals surface area contributed by atoms with E-state index in [4.69, 9.17) is 4.74 Å². The van der Waals surface area contributed by atoms with Crippen molar-refractivity contribution in [2.24, 2.45) is 0 Å². The molecule has 1 aliphatic rings. The zero-order valence-electron chi connectivity index (χ0n) is 21.4. The second kappa shape index (κ2) is 10.8. The largest absolute Gasteiger partial charge is 0.507 e. The number of aromatic hydroxyl groups is 1. The smallest absolute Gasteiger partial charge is 0.342 e. The van der Waals surface area contributed by atoms with Crippen LogP contribution in [0, 0.1) is 6.92 Å². The summed E-state index contributed by atoms with van der Waals surface area (Å²) in [6.07, 6.45) is 3.07. The van der Waals surface area contributed by atoms with Crippen molar-refractivity contribution in [2.75, 3.05) is 12.4 Å². The average Bonchev–Trinajstić information content (AvgIpc) is 3.32. The highest BCUT2D eigenvalue weighted by atomic mass is 16.5. The third kappa shape index (κ3) is 5.11. The molecule has 0 atom stereocenters. The van der Waals surface area contributed by atoms with Gasteiger partial charge >= 0.3 is 6.03 Å². The van der Waals surface area contributed by atoms with E-state index in [1.165, 1.54) is 17.9 Å². The van der Waals surface area contributed by atoms with E-state index in [1.807, 2.05) is 37.3 Å². The van der Waals surface area contributed by atoms with Crippen molar-refractivity contribution in [3.8, 4) is 22.8 Å². The minimum atomic E-state index is -0.338. The third-order valence-corrected chi connectivity index (χ3v) is 7.03. The first-order valence-electron chi connectivity index (χ1n) is 12.6. The average molecular weight is 511 g/mol. The number of phenols is 1. The highest BCUT2D eigenvalue weighted by Crippen LogP contribution is 2.39. The van der Waals surface area contributed by atoms with E-state index in [2.05, 4.69) is 15.7 Å². The summed E-state index contributed by atoms with van der Waals surface area (Å²) in [6, 6.07) is 21.2. The normalized spacial score (nSPS) is 13.0. The number of hydrogen-bond acceptors (Lipinski definition) is 5. The Morgan fingerprint density at radius 2 is 1.82 bits per heavy atom. The van der Waals surface area contributed by atoms with Crippen molar-refractivity contribution in [3.63, 3.8) is 0 Å². The second-order valence-corrected chi connectivity index (χ2v) is 9.47. The van der Waals surface area contributed by atoms with Gasteiger partial charge in [0.05, 0.1) is 24.1 Å². The number of amides is 2. The molecule has 8 nitrogen and oxygen atoms in total. The van der Waals surface area contributed by atoms with E-state index in [9.17, 15) is 14.7 Å². The fraction of sp³-hybridized carbons (Fsp3) is 0.233. The first-order chi connectivity index (χ1) is 18.4. The number of rotatable bonds is 7. The lowest BCUT2D eigenvalue weighted by atomic mass is 9.82. The fourth-order valence-corrected chi connectivity index (χ4v) is 4.59. The van der Waals surface area contributed by atoms with Gasteiger partial charge in [0, 0.05) is 23.7 Å². The highest BCUT2D eigenvalue weighted by molar-refractivity contribution is 6.06. The van der Waals surface area contributed by atoms with Crippen LogP contribution >= 0.6 is 0 Å². The van der Waals surface area contributed by atoms with E-state index in [1.54, 1.807) is 36.4 Å². The maximum atomic E-state index is 13.2. The number of phenolic OH excluding ortho intramolecular Hbond substituents is 1. The van der Waals surface area contributed by atoms with E-state index in [-0.39, 0.29) is 23.6 Å². The van der Waals surface area contributed by atoms with Gasteiger partial charge in [-0.05, 0) is 67.3 Å². The summed E-state index contributed by atoms with van der Waals surface area (Å²) in [5.41, 5.74) is 4.72. The number of ether oxygens (including phenoxy) is 1. The van der Waals surface area contributed by atoms with Crippen LogP contribution in [0.3, 0.4) is 0 Å². The van der Waals surface area contributed by atoms with E-state index >= 15 is 0 Å². The standard InChI is InChI=1S/C30H30N4O4/c1-19-8-3-4-9-21(19)18-31-30(37)34-26(20-10-7-11-20)17-25(33-34)24-16-22(14-15-27(24)35)32-29(36)23-12-5-6-13-28(23)38-2/h3-6,8-9,12-17,20,35H,7,10-11,18H2,1-2H3,(H,31,37)(H,32,36). The lowest BCUT2D eigenvalue weighted by Gasteiger charge is -2.25. The molecule has 1 fully saturated rings. The Bertz CT molecular complexity index is 1490. The predicted molar refractivity (Wildman–Crippen MR) is 146 cm³/mol. The van der Waals surface area contributed by atoms with Crippen LogP contribution in [0.1, 0.15) is 52.4 Å². The lowest BCUT2D eigenvalue weighted by Crippen LogP contribution is -2.31. The van der Waals surface area contributed by atoms with E-state index in [0.29, 0.717) is 34.8 Å². The number of aryl methyl sites for hydroxylation is 1. The summed E-state index contributed by atoms with van der Waals surface area (Å²) in [5, 5.41) is 21.1. The number of para-hydroxylation sites is 1. The molecule has 0 radical (unpaired) electrons. The van der Waals surface area contributed by atoms with Crippen molar-refractivity contribution < 1.29 is 19.4 Å². The number of hydrogen-bond donors (Lipinski definition) is 3. The Morgan fingerprint density at radius 1 is 1.05 bits per heavy atom. The topological polar surface area (TPSA) is 105 Å².